The van der Waals surface area contributed by atoms with Gasteiger partial charge in [0, 0.05) is 24.5 Å². The summed E-state index contributed by atoms with van der Waals surface area (Å²) in [6.07, 6.45) is 2.28. The van der Waals surface area contributed by atoms with Crippen LogP contribution in [-0.2, 0) is 11.3 Å². The van der Waals surface area contributed by atoms with Crippen molar-refractivity contribution >= 4 is 58.3 Å². The number of para-hydroxylation sites is 1. The third-order valence-electron chi connectivity index (χ3n) is 5.97. The van der Waals surface area contributed by atoms with Crippen LogP contribution in [0.1, 0.15) is 23.5 Å². The molecule has 0 bridgehead atoms. The molecule has 1 atom stereocenters. The number of fused-ring (bicyclic) bond motifs is 1. The summed E-state index contributed by atoms with van der Waals surface area (Å²) >= 11 is 12.7. The summed E-state index contributed by atoms with van der Waals surface area (Å²) < 4.78 is 0. The first-order chi connectivity index (χ1) is 17.2. The van der Waals surface area contributed by atoms with Crippen molar-refractivity contribution in [3.8, 4) is 0 Å². The quantitative estimate of drug-likeness (QED) is 0.442. The van der Waals surface area contributed by atoms with E-state index in [1.54, 1.807) is 31.4 Å². The molecule has 0 saturated heterocycles. The van der Waals surface area contributed by atoms with Crippen molar-refractivity contribution in [2.75, 3.05) is 42.8 Å². The molecule has 2 heterocycles. The van der Waals surface area contributed by atoms with Crippen LogP contribution in [0.5, 0.6) is 0 Å². The van der Waals surface area contributed by atoms with Crippen LogP contribution in [0, 0.1) is 0 Å². The zero-order valence-corrected chi connectivity index (χ0v) is 21.7. The predicted octanol–water partition coefficient (Wildman–Crippen LogP) is 4.62. The van der Waals surface area contributed by atoms with Crippen molar-refractivity contribution in [1.82, 2.24) is 14.9 Å². The molecule has 1 aliphatic heterocycles. The first-order valence-electron chi connectivity index (χ1n) is 11.3. The number of anilines is 4. The molecule has 3 amide bonds. The van der Waals surface area contributed by atoms with Gasteiger partial charge in [-0.05, 0) is 56.9 Å². The van der Waals surface area contributed by atoms with Crippen molar-refractivity contribution in [3.05, 3.63) is 69.8 Å². The van der Waals surface area contributed by atoms with Crippen molar-refractivity contribution in [1.29, 1.82) is 0 Å². The number of benzene rings is 2. The Kier molecular flexibility index (Phi) is 7.63. The van der Waals surface area contributed by atoms with Crippen LogP contribution in [0.2, 0.25) is 10.0 Å². The minimum Gasteiger partial charge on any atom is -0.369 e. The summed E-state index contributed by atoms with van der Waals surface area (Å²) in [4.78, 5) is 39.2. The molecule has 0 saturated carbocycles. The molecule has 4 rings (SSSR count). The molecule has 1 aromatic heterocycles. The summed E-state index contributed by atoms with van der Waals surface area (Å²) in [5, 5.41) is 3.93. The van der Waals surface area contributed by atoms with Crippen molar-refractivity contribution in [2.24, 2.45) is 5.73 Å². The van der Waals surface area contributed by atoms with Gasteiger partial charge in [0.15, 0.2) is 0 Å². The van der Waals surface area contributed by atoms with Gasteiger partial charge in [-0.1, -0.05) is 41.4 Å². The second-order valence-electron chi connectivity index (χ2n) is 8.84. The Hall–Kier alpha value is -3.40. The highest BCUT2D eigenvalue weighted by molar-refractivity contribution is 6.40. The molecule has 0 radical (unpaired) electrons. The summed E-state index contributed by atoms with van der Waals surface area (Å²) in [6.45, 7) is 0.958. The lowest BCUT2D eigenvalue weighted by Gasteiger charge is -2.34. The summed E-state index contributed by atoms with van der Waals surface area (Å²) in [5.74, 6) is 0.0140. The van der Waals surface area contributed by atoms with E-state index < -0.39 is 5.92 Å². The number of hydrogen-bond donors (Lipinski definition) is 2. The van der Waals surface area contributed by atoms with Gasteiger partial charge in [-0.15, -0.1) is 0 Å². The number of carbonyl (C=O) groups excluding carboxylic acids is 2. The molecule has 36 heavy (non-hydrogen) atoms. The Morgan fingerprint density at radius 3 is 2.56 bits per heavy atom. The van der Waals surface area contributed by atoms with Crippen LogP contribution in [0.4, 0.5) is 27.9 Å². The van der Waals surface area contributed by atoms with Gasteiger partial charge in [-0.25, -0.2) is 9.78 Å². The molecule has 1 unspecified atom stereocenters. The van der Waals surface area contributed by atoms with Gasteiger partial charge in [-0.2, -0.15) is 4.98 Å². The number of amides is 3. The predicted molar refractivity (Wildman–Crippen MR) is 143 cm³/mol. The Balaban J connectivity index is 1.58. The van der Waals surface area contributed by atoms with E-state index in [4.69, 9.17) is 28.9 Å². The standard InChI is InChI=1S/C25H27Cl2N7O2/c1-32(2)11-10-18(22(28)35)15-6-4-7-17(12-15)30-24-29-13-16-14-34(25(36)33(3)23(16)31-24)21-19(26)8-5-9-20(21)27/h4-9,12-13,18H,10-11,14H2,1-3H3,(H2,28,35)(H,29,30,31). The minimum absolute atomic E-state index is 0.226. The molecule has 11 heteroatoms. The Morgan fingerprint density at radius 2 is 1.89 bits per heavy atom. The first-order valence-corrected chi connectivity index (χ1v) is 12.1. The van der Waals surface area contributed by atoms with E-state index >= 15 is 0 Å². The van der Waals surface area contributed by atoms with Gasteiger partial charge >= 0.3 is 6.03 Å². The van der Waals surface area contributed by atoms with Gasteiger partial charge in [-0.3, -0.25) is 14.6 Å². The van der Waals surface area contributed by atoms with Crippen LogP contribution in [0.15, 0.2) is 48.7 Å². The second-order valence-corrected chi connectivity index (χ2v) is 9.65. The monoisotopic (exact) mass is 527 g/mol. The van der Waals surface area contributed by atoms with E-state index in [1.807, 2.05) is 43.3 Å². The number of primary amides is 1. The average Bonchev–Trinajstić information content (AvgIpc) is 2.82. The highest BCUT2D eigenvalue weighted by atomic mass is 35.5. The number of aromatic nitrogens is 2. The maximum atomic E-state index is 13.2. The normalized spacial score (nSPS) is 14.1. The average molecular weight is 528 g/mol. The van der Waals surface area contributed by atoms with Crippen LogP contribution in [0.3, 0.4) is 0 Å². The number of carbonyl (C=O) groups is 2. The number of nitrogens with two attached hydrogens (primary N) is 1. The maximum Gasteiger partial charge on any atom is 0.330 e. The largest absolute Gasteiger partial charge is 0.369 e. The van der Waals surface area contributed by atoms with Gasteiger partial charge in [0.2, 0.25) is 11.9 Å². The topological polar surface area (TPSA) is 108 Å². The van der Waals surface area contributed by atoms with Crippen LogP contribution < -0.4 is 20.9 Å². The van der Waals surface area contributed by atoms with Gasteiger partial charge in [0.25, 0.3) is 0 Å². The zero-order valence-electron chi connectivity index (χ0n) is 20.2. The van der Waals surface area contributed by atoms with Crippen LogP contribution in [0.25, 0.3) is 0 Å². The van der Waals surface area contributed by atoms with Crippen LogP contribution >= 0.6 is 23.2 Å². The molecule has 3 aromatic rings. The lowest BCUT2D eigenvalue weighted by Crippen LogP contribution is -2.46. The van der Waals surface area contributed by atoms with Crippen LogP contribution in [-0.4, -0.2) is 54.5 Å². The summed E-state index contributed by atoms with van der Waals surface area (Å²) in [7, 11) is 5.54. The summed E-state index contributed by atoms with van der Waals surface area (Å²) in [5.41, 5.74) is 8.38. The zero-order chi connectivity index (χ0) is 26.0. The molecule has 9 nitrogen and oxygen atoms in total. The number of halogens is 2. The fourth-order valence-corrected chi connectivity index (χ4v) is 4.72. The Labute approximate surface area is 219 Å². The smallest absolute Gasteiger partial charge is 0.330 e. The fraction of sp³-hybridized carbons (Fsp3) is 0.280. The molecule has 2 aromatic carbocycles. The molecule has 1 aliphatic rings. The molecular formula is C25H27Cl2N7O2. The Bertz CT molecular complexity index is 1280. The fourth-order valence-electron chi connectivity index (χ4n) is 4.11. The van der Waals surface area contributed by atoms with E-state index in [-0.39, 0.29) is 18.5 Å². The van der Waals surface area contributed by atoms with E-state index in [9.17, 15) is 9.59 Å². The third kappa shape index (κ3) is 5.38. The van der Waals surface area contributed by atoms with Gasteiger partial charge < -0.3 is 16.0 Å². The van der Waals surface area contributed by atoms with E-state index in [2.05, 4.69) is 15.3 Å². The number of nitrogens with one attached hydrogen (secondary N) is 1. The summed E-state index contributed by atoms with van der Waals surface area (Å²) in [6, 6.07) is 12.2. The third-order valence-corrected chi connectivity index (χ3v) is 6.58. The molecule has 3 N–H and O–H groups in total. The van der Waals surface area contributed by atoms with E-state index in [0.29, 0.717) is 39.6 Å². The molecule has 0 aliphatic carbocycles. The molecule has 188 valence electrons. The van der Waals surface area contributed by atoms with E-state index in [1.165, 1.54) is 9.80 Å². The lowest BCUT2D eigenvalue weighted by molar-refractivity contribution is -0.119. The highest BCUT2D eigenvalue weighted by Crippen LogP contribution is 2.38. The second kappa shape index (κ2) is 10.7. The van der Waals surface area contributed by atoms with E-state index in [0.717, 1.165) is 17.7 Å². The highest BCUT2D eigenvalue weighted by Gasteiger charge is 2.33. The molecule has 0 spiro atoms. The number of hydrogen-bond acceptors (Lipinski definition) is 6. The number of rotatable bonds is 8. The van der Waals surface area contributed by atoms with Crippen molar-refractivity contribution in [3.63, 3.8) is 0 Å². The molecule has 0 fully saturated rings. The Morgan fingerprint density at radius 1 is 1.19 bits per heavy atom. The first kappa shape index (κ1) is 25.7. The number of urea groups is 1. The number of nitrogens with zero attached hydrogens (tertiary/aromatic N) is 5. The van der Waals surface area contributed by atoms with Crippen molar-refractivity contribution in [2.45, 2.75) is 18.9 Å². The lowest BCUT2D eigenvalue weighted by atomic mass is 9.94. The minimum atomic E-state index is -0.412. The maximum absolute atomic E-state index is 13.2. The van der Waals surface area contributed by atoms with Gasteiger partial charge in [0.05, 0.1) is 28.2 Å². The SMILES string of the molecule is CN(C)CCC(C(N)=O)c1cccc(Nc2ncc3c(n2)N(C)C(=O)N(c2c(Cl)cccc2Cl)C3)c1. The van der Waals surface area contributed by atoms with Gasteiger partial charge in [0.1, 0.15) is 5.82 Å². The molecular weight excluding hydrogens is 501 g/mol. The van der Waals surface area contributed by atoms with Crippen molar-refractivity contribution < 1.29 is 9.59 Å².